The molecule has 0 spiro atoms. The lowest BCUT2D eigenvalue weighted by atomic mass is 9.77. The molecule has 3 rings (SSSR count). The number of halogens is 3. The minimum Gasteiger partial charge on any atom is -0.493 e. The number of nitrogens with zero attached hydrogens (tertiary/aromatic N) is 1. The zero-order chi connectivity index (χ0) is 22.1. The van der Waals surface area contributed by atoms with Gasteiger partial charge in [0.25, 0.3) is 0 Å². The predicted octanol–water partition coefficient (Wildman–Crippen LogP) is 2.20. The van der Waals surface area contributed by atoms with E-state index >= 15 is 0 Å². The van der Waals surface area contributed by atoms with Crippen molar-refractivity contribution in [2.45, 2.75) is 17.9 Å². The van der Waals surface area contributed by atoms with Gasteiger partial charge in [-0.05, 0) is 18.2 Å². The van der Waals surface area contributed by atoms with Crippen LogP contribution in [0, 0.1) is 5.92 Å². The zero-order valence-corrected chi connectivity index (χ0v) is 15.9. The number of aliphatic hydroxyl groups is 1. The SMILES string of the molecule is COc1cccc([C@H]2NC(=O)N[C@@](O)(C(F)(F)F)[C@H]2C(=O)c2cccnc2)c1OC. The van der Waals surface area contributed by atoms with Gasteiger partial charge in [-0.2, -0.15) is 13.2 Å². The summed E-state index contributed by atoms with van der Waals surface area (Å²) >= 11 is 0. The lowest BCUT2D eigenvalue weighted by molar-refractivity contribution is -0.287. The Morgan fingerprint density at radius 2 is 1.93 bits per heavy atom. The quantitative estimate of drug-likeness (QED) is 0.634. The van der Waals surface area contributed by atoms with Gasteiger partial charge >= 0.3 is 12.2 Å². The molecule has 160 valence electrons. The van der Waals surface area contributed by atoms with Crippen LogP contribution in [-0.4, -0.2) is 48.0 Å². The molecule has 1 fully saturated rings. The molecule has 0 bridgehead atoms. The molecule has 1 aromatic heterocycles. The van der Waals surface area contributed by atoms with Gasteiger partial charge in [0.2, 0.25) is 5.72 Å². The summed E-state index contributed by atoms with van der Waals surface area (Å²) in [5.41, 5.74) is -3.99. The third-order valence-corrected chi connectivity index (χ3v) is 4.80. The van der Waals surface area contributed by atoms with Crippen LogP contribution in [0.3, 0.4) is 0 Å². The maximum Gasteiger partial charge on any atom is 0.437 e. The van der Waals surface area contributed by atoms with Crippen molar-refractivity contribution in [2.75, 3.05) is 14.2 Å². The van der Waals surface area contributed by atoms with Crippen molar-refractivity contribution < 1.29 is 37.3 Å². The Balaban J connectivity index is 2.24. The van der Waals surface area contributed by atoms with Gasteiger partial charge in [-0.3, -0.25) is 9.78 Å². The van der Waals surface area contributed by atoms with E-state index in [1.54, 1.807) is 0 Å². The van der Waals surface area contributed by atoms with E-state index in [4.69, 9.17) is 9.47 Å². The van der Waals surface area contributed by atoms with E-state index in [-0.39, 0.29) is 22.6 Å². The second kappa shape index (κ2) is 7.82. The monoisotopic (exact) mass is 425 g/mol. The normalized spacial score (nSPS) is 23.9. The highest BCUT2D eigenvalue weighted by Crippen LogP contribution is 2.47. The van der Waals surface area contributed by atoms with Gasteiger partial charge < -0.3 is 25.2 Å². The molecular formula is C19H18F3N3O5. The molecular weight excluding hydrogens is 407 g/mol. The molecule has 3 atom stereocenters. The predicted molar refractivity (Wildman–Crippen MR) is 97.0 cm³/mol. The molecule has 0 saturated carbocycles. The molecule has 3 N–H and O–H groups in total. The number of methoxy groups -OCH3 is 2. The number of ether oxygens (including phenoxy) is 2. The lowest BCUT2D eigenvalue weighted by Crippen LogP contribution is -2.72. The Bertz CT molecular complexity index is 954. The van der Waals surface area contributed by atoms with Gasteiger partial charge in [-0.25, -0.2) is 4.79 Å². The number of carbonyl (C=O) groups is 2. The molecule has 0 unspecified atom stereocenters. The van der Waals surface area contributed by atoms with E-state index in [2.05, 4.69) is 10.3 Å². The van der Waals surface area contributed by atoms with Gasteiger partial charge in [0.1, 0.15) is 5.92 Å². The van der Waals surface area contributed by atoms with Crippen LogP contribution in [-0.2, 0) is 0 Å². The lowest BCUT2D eigenvalue weighted by Gasteiger charge is -2.45. The van der Waals surface area contributed by atoms with Crippen molar-refractivity contribution in [3.05, 3.63) is 53.9 Å². The topological polar surface area (TPSA) is 110 Å². The highest BCUT2D eigenvalue weighted by Gasteiger charge is 2.66. The van der Waals surface area contributed by atoms with Crippen LogP contribution < -0.4 is 20.1 Å². The number of para-hydroxylation sites is 1. The third kappa shape index (κ3) is 3.52. The van der Waals surface area contributed by atoms with E-state index in [1.807, 2.05) is 0 Å². The van der Waals surface area contributed by atoms with Crippen LogP contribution in [0.25, 0.3) is 0 Å². The Hall–Kier alpha value is -3.34. The number of alkyl halides is 3. The Labute approximate surface area is 169 Å². The molecule has 1 saturated heterocycles. The number of carbonyl (C=O) groups excluding carboxylic acids is 2. The van der Waals surface area contributed by atoms with Crippen molar-refractivity contribution >= 4 is 11.8 Å². The number of nitrogens with one attached hydrogen (secondary N) is 2. The molecule has 30 heavy (non-hydrogen) atoms. The second-order valence-corrected chi connectivity index (χ2v) is 6.51. The number of benzene rings is 1. The number of rotatable bonds is 5. The third-order valence-electron chi connectivity index (χ3n) is 4.80. The average Bonchev–Trinajstić information content (AvgIpc) is 2.71. The summed E-state index contributed by atoms with van der Waals surface area (Å²) in [6, 6.07) is 4.07. The zero-order valence-electron chi connectivity index (χ0n) is 15.9. The molecule has 2 amide bonds. The van der Waals surface area contributed by atoms with E-state index in [1.165, 1.54) is 56.1 Å². The summed E-state index contributed by atoms with van der Waals surface area (Å²) in [5, 5.41) is 14.3. The highest BCUT2D eigenvalue weighted by atomic mass is 19.4. The van der Waals surface area contributed by atoms with Crippen LogP contribution in [0.15, 0.2) is 42.7 Å². The van der Waals surface area contributed by atoms with E-state index in [0.717, 1.165) is 6.20 Å². The first-order chi connectivity index (χ1) is 14.1. The van der Waals surface area contributed by atoms with Gasteiger partial charge in [-0.1, -0.05) is 12.1 Å². The van der Waals surface area contributed by atoms with Crippen LogP contribution >= 0.6 is 0 Å². The first-order valence-corrected chi connectivity index (χ1v) is 8.67. The van der Waals surface area contributed by atoms with Crippen molar-refractivity contribution in [1.29, 1.82) is 0 Å². The summed E-state index contributed by atoms with van der Waals surface area (Å²) < 4.78 is 52.2. The molecule has 2 aromatic rings. The van der Waals surface area contributed by atoms with Crippen molar-refractivity contribution in [2.24, 2.45) is 5.92 Å². The van der Waals surface area contributed by atoms with Crippen LogP contribution in [0.2, 0.25) is 0 Å². The van der Waals surface area contributed by atoms with Gasteiger partial charge in [0.15, 0.2) is 17.3 Å². The highest BCUT2D eigenvalue weighted by molar-refractivity contribution is 6.00. The number of urea groups is 1. The molecule has 1 aliphatic heterocycles. The fourth-order valence-electron chi connectivity index (χ4n) is 3.44. The number of ketones is 1. The molecule has 1 aliphatic rings. The van der Waals surface area contributed by atoms with E-state index in [9.17, 15) is 27.9 Å². The summed E-state index contributed by atoms with van der Waals surface area (Å²) in [6.07, 6.45) is -2.94. The standard InChI is InChI=1S/C19H18F3N3O5/c1-29-12-7-3-6-11(16(12)30-2)14-13(15(26)10-5-4-8-23-9-10)18(28,19(20,21)22)25-17(27)24-14/h3-9,13-14,28H,1-2H3,(H2,24,25,27)/t13-,14-,18+/m1/s1. The van der Waals surface area contributed by atoms with Gasteiger partial charge in [0.05, 0.1) is 20.3 Å². The summed E-state index contributed by atoms with van der Waals surface area (Å²) in [7, 11) is 2.59. The minimum absolute atomic E-state index is 0.0145. The first kappa shape index (κ1) is 21.4. The molecule has 2 heterocycles. The Morgan fingerprint density at radius 1 is 1.20 bits per heavy atom. The second-order valence-electron chi connectivity index (χ2n) is 6.51. The maximum absolute atomic E-state index is 13.9. The van der Waals surface area contributed by atoms with Crippen molar-refractivity contribution in [1.82, 2.24) is 15.6 Å². The van der Waals surface area contributed by atoms with Crippen molar-refractivity contribution in [3.8, 4) is 11.5 Å². The minimum atomic E-state index is -5.36. The van der Waals surface area contributed by atoms with Gasteiger partial charge in [0, 0.05) is 23.5 Å². The summed E-state index contributed by atoms with van der Waals surface area (Å²) in [4.78, 5) is 29.0. The Morgan fingerprint density at radius 3 is 2.50 bits per heavy atom. The number of hydrogen-bond acceptors (Lipinski definition) is 6. The molecule has 1 aromatic carbocycles. The molecule has 11 heteroatoms. The Kier molecular flexibility index (Phi) is 5.57. The average molecular weight is 425 g/mol. The van der Waals surface area contributed by atoms with Gasteiger partial charge in [-0.15, -0.1) is 0 Å². The maximum atomic E-state index is 13.9. The molecule has 8 nitrogen and oxygen atoms in total. The van der Waals surface area contributed by atoms with E-state index in [0.29, 0.717) is 0 Å². The van der Waals surface area contributed by atoms with Crippen LogP contribution in [0.1, 0.15) is 22.0 Å². The van der Waals surface area contributed by atoms with Crippen LogP contribution in [0.5, 0.6) is 11.5 Å². The van der Waals surface area contributed by atoms with Crippen molar-refractivity contribution in [3.63, 3.8) is 0 Å². The number of aromatic nitrogens is 1. The summed E-state index contributed by atoms with van der Waals surface area (Å²) in [6.45, 7) is 0. The number of pyridine rings is 1. The van der Waals surface area contributed by atoms with Crippen LogP contribution in [0.4, 0.5) is 18.0 Å². The molecule has 0 radical (unpaired) electrons. The number of amides is 2. The number of hydrogen-bond donors (Lipinski definition) is 3. The smallest absolute Gasteiger partial charge is 0.437 e. The summed E-state index contributed by atoms with van der Waals surface area (Å²) in [5.74, 6) is -3.09. The number of Topliss-reactive ketones (excluding diaryl/α,β-unsaturated/α-hetero) is 1. The largest absolute Gasteiger partial charge is 0.493 e. The fraction of sp³-hybridized carbons (Fsp3) is 0.316. The first-order valence-electron chi connectivity index (χ1n) is 8.67. The fourth-order valence-corrected chi connectivity index (χ4v) is 3.44. The van der Waals surface area contributed by atoms with E-state index < -0.39 is 35.7 Å². The molecule has 0 aliphatic carbocycles.